The molecule has 0 spiro atoms. The lowest BCUT2D eigenvalue weighted by Gasteiger charge is -2.44. The SMILES string of the molecule is CCNC(=NCC1(O)CCC1SCC)NCC(C)Cc1cccs1. The van der Waals surface area contributed by atoms with Gasteiger partial charge >= 0.3 is 0 Å². The van der Waals surface area contributed by atoms with E-state index in [0.29, 0.717) is 17.7 Å². The van der Waals surface area contributed by atoms with Crippen molar-refractivity contribution in [1.82, 2.24) is 10.6 Å². The van der Waals surface area contributed by atoms with Gasteiger partial charge in [0.25, 0.3) is 0 Å². The quantitative estimate of drug-likeness (QED) is 0.462. The Balaban J connectivity index is 1.82. The van der Waals surface area contributed by atoms with Gasteiger partial charge < -0.3 is 15.7 Å². The minimum Gasteiger partial charge on any atom is -0.387 e. The zero-order chi connectivity index (χ0) is 17.4. The molecule has 3 atom stereocenters. The number of hydrogen-bond acceptors (Lipinski definition) is 4. The Hall–Kier alpha value is -0.720. The third-order valence-electron chi connectivity index (χ3n) is 4.41. The fraction of sp³-hybridized carbons (Fsp3) is 0.722. The highest BCUT2D eigenvalue weighted by molar-refractivity contribution is 8.00. The molecule has 1 aliphatic rings. The molecular weight excluding hydrogens is 338 g/mol. The number of aliphatic hydroxyl groups is 1. The summed E-state index contributed by atoms with van der Waals surface area (Å²) in [6, 6.07) is 4.30. The summed E-state index contributed by atoms with van der Waals surface area (Å²) in [5.41, 5.74) is -0.619. The molecule has 4 nitrogen and oxygen atoms in total. The molecule has 0 aromatic carbocycles. The second-order valence-corrected chi connectivity index (χ2v) is 9.06. The molecule has 0 radical (unpaired) electrons. The molecule has 6 heteroatoms. The zero-order valence-electron chi connectivity index (χ0n) is 15.0. The fourth-order valence-corrected chi connectivity index (χ4v) is 4.95. The highest BCUT2D eigenvalue weighted by Crippen LogP contribution is 2.41. The molecule has 0 bridgehead atoms. The molecular formula is C18H31N3OS2. The Kier molecular flexibility index (Phi) is 7.91. The van der Waals surface area contributed by atoms with Gasteiger partial charge in [0.15, 0.2) is 5.96 Å². The Bertz CT molecular complexity index is 506. The first-order chi connectivity index (χ1) is 11.6. The average molecular weight is 370 g/mol. The van der Waals surface area contributed by atoms with Crippen LogP contribution in [0.4, 0.5) is 0 Å². The summed E-state index contributed by atoms with van der Waals surface area (Å²) in [7, 11) is 0. The highest BCUT2D eigenvalue weighted by Gasteiger charge is 2.45. The Morgan fingerprint density at radius 2 is 2.33 bits per heavy atom. The molecule has 0 saturated heterocycles. The first-order valence-electron chi connectivity index (χ1n) is 8.96. The molecule has 1 aromatic rings. The summed E-state index contributed by atoms with van der Waals surface area (Å²) in [6.07, 6.45) is 3.05. The maximum Gasteiger partial charge on any atom is 0.191 e. The first-order valence-corrected chi connectivity index (χ1v) is 10.9. The van der Waals surface area contributed by atoms with Crippen LogP contribution in [0.1, 0.15) is 38.5 Å². The Labute approximate surface area is 154 Å². The summed E-state index contributed by atoms with van der Waals surface area (Å²) < 4.78 is 0. The number of hydrogen-bond donors (Lipinski definition) is 3. The van der Waals surface area contributed by atoms with Gasteiger partial charge in [-0.05, 0) is 49.3 Å². The zero-order valence-corrected chi connectivity index (χ0v) is 16.7. The van der Waals surface area contributed by atoms with E-state index in [1.165, 1.54) is 4.88 Å². The van der Waals surface area contributed by atoms with Gasteiger partial charge in [0.2, 0.25) is 0 Å². The number of nitrogens with one attached hydrogen (secondary N) is 2. The van der Waals surface area contributed by atoms with Gasteiger partial charge in [0.1, 0.15) is 0 Å². The molecule has 1 saturated carbocycles. The van der Waals surface area contributed by atoms with Crippen molar-refractivity contribution in [2.75, 3.05) is 25.4 Å². The third-order valence-corrected chi connectivity index (χ3v) is 6.72. The van der Waals surface area contributed by atoms with Crippen molar-refractivity contribution in [3.8, 4) is 0 Å². The average Bonchev–Trinajstić information content (AvgIpc) is 3.06. The van der Waals surface area contributed by atoms with Crippen LogP contribution in [-0.2, 0) is 6.42 Å². The molecule has 1 aromatic heterocycles. The molecule has 1 fully saturated rings. The number of nitrogens with zero attached hydrogens (tertiary/aromatic N) is 1. The predicted octanol–water partition coefficient (Wildman–Crippen LogP) is 3.13. The number of thiophene rings is 1. The summed E-state index contributed by atoms with van der Waals surface area (Å²) in [5.74, 6) is 2.41. The largest absolute Gasteiger partial charge is 0.387 e. The second-order valence-electron chi connectivity index (χ2n) is 6.55. The van der Waals surface area contributed by atoms with Crippen molar-refractivity contribution in [3.05, 3.63) is 22.4 Å². The van der Waals surface area contributed by atoms with Crippen LogP contribution in [0.5, 0.6) is 0 Å². The molecule has 2 rings (SSSR count). The van der Waals surface area contributed by atoms with E-state index >= 15 is 0 Å². The van der Waals surface area contributed by atoms with E-state index in [2.05, 4.69) is 53.9 Å². The van der Waals surface area contributed by atoms with E-state index in [9.17, 15) is 5.11 Å². The van der Waals surface area contributed by atoms with Gasteiger partial charge in [-0.25, -0.2) is 0 Å². The Morgan fingerprint density at radius 1 is 1.50 bits per heavy atom. The van der Waals surface area contributed by atoms with Gasteiger partial charge in [-0.3, -0.25) is 4.99 Å². The van der Waals surface area contributed by atoms with Gasteiger partial charge in [0.05, 0.1) is 12.1 Å². The van der Waals surface area contributed by atoms with Gasteiger partial charge in [-0.15, -0.1) is 11.3 Å². The van der Waals surface area contributed by atoms with E-state index in [0.717, 1.165) is 44.1 Å². The van der Waals surface area contributed by atoms with Crippen molar-refractivity contribution in [2.24, 2.45) is 10.9 Å². The monoisotopic (exact) mass is 369 g/mol. The van der Waals surface area contributed by atoms with E-state index in [1.807, 2.05) is 23.1 Å². The first kappa shape index (κ1) is 19.6. The second kappa shape index (κ2) is 9.68. The number of thioether (sulfide) groups is 1. The maximum absolute atomic E-state index is 10.7. The van der Waals surface area contributed by atoms with Crippen molar-refractivity contribution in [2.45, 2.75) is 50.9 Å². The van der Waals surface area contributed by atoms with Crippen LogP contribution in [0.25, 0.3) is 0 Å². The number of aliphatic imine (C=N–C) groups is 1. The molecule has 1 heterocycles. The van der Waals surface area contributed by atoms with E-state index in [1.54, 1.807) is 0 Å². The molecule has 0 amide bonds. The topological polar surface area (TPSA) is 56.7 Å². The van der Waals surface area contributed by atoms with Crippen LogP contribution >= 0.6 is 23.1 Å². The van der Waals surface area contributed by atoms with Gasteiger partial charge in [-0.1, -0.05) is 19.9 Å². The minimum absolute atomic E-state index is 0.340. The molecule has 3 N–H and O–H groups in total. The van der Waals surface area contributed by atoms with Gasteiger partial charge in [-0.2, -0.15) is 11.8 Å². The fourth-order valence-electron chi connectivity index (χ4n) is 2.89. The normalized spacial score (nSPS) is 25.2. The minimum atomic E-state index is -0.619. The van der Waals surface area contributed by atoms with Crippen molar-refractivity contribution in [3.63, 3.8) is 0 Å². The van der Waals surface area contributed by atoms with E-state index in [4.69, 9.17) is 0 Å². The standard InChI is InChI=1S/C18H31N3OS2/c1-4-19-17(20-12-14(3)11-15-7-6-10-24-15)21-13-18(22)9-8-16(18)23-5-2/h6-7,10,14,16,22H,4-5,8-9,11-13H2,1-3H3,(H2,19,20,21). The van der Waals surface area contributed by atoms with Crippen LogP contribution < -0.4 is 10.6 Å². The molecule has 24 heavy (non-hydrogen) atoms. The summed E-state index contributed by atoms with van der Waals surface area (Å²) in [4.78, 5) is 6.07. The molecule has 3 unspecified atom stereocenters. The maximum atomic E-state index is 10.7. The van der Waals surface area contributed by atoms with Gasteiger partial charge in [0, 0.05) is 23.2 Å². The smallest absolute Gasteiger partial charge is 0.191 e. The third kappa shape index (κ3) is 5.67. The lowest BCUT2D eigenvalue weighted by molar-refractivity contribution is -0.0154. The molecule has 0 aliphatic heterocycles. The molecule has 136 valence electrons. The van der Waals surface area contributed by atoms with Crippen LogP contribution in [0.2, 0.25) is 0 Å². The summed E-state index contributed by atoms with van der Waals surface area (Å²) in [6.45, 7) is 8.67. The lowest BCUT2D eigenvalue weighted by Crippen LogP contribution is -2.53. The predicted molar refractivity (Wildman–Crippen MR) is 107 cm³/mol. The highest BCUT2D eigenvalue weighted by atomic mass is 32.2. The van der Waals surface area contributed by atoms with Crippen LogP contribution in [0, 0.1) is 5.92 Å². The summed E-state index contributed by atoms with van der Waals surface area (Å²) in [5, 5.41) is 19.9. The van der Waals surface area contributed by atoms with E-state index < -0.39 is 5.60 Å². The van der Waals surface area contributed by atoms with Crippen molar-refractivity contribution >= 4 is 29.1 Å². The summed E-state index contributed by atoms with van der Waals surface area (Å²) >= 11 is 3.67. The number of rotatable bonds is 9. The van der Waals surface area contributed by atoms with Crippen molar-refractivity contribution < 1.29 is 5.11 Å². The molecule has 1 aliphatic carbocycles. The number of guanidine groups is 1. The lowest BCUT2D eigenvalue weighted by atomic mass is 9.79. The van der Waals surface area contributed by atoms with Crippen LogP contribution in [0.15, 0.2) is 22.5 Å². The van der Waals surface area contributed by atoms with Crippen LogP contribution in [-0.4, -0.2) is 47.3 Å². The van der Waals surface area contributed by atoms with Crippen LogP contribution in [0.3, 0.4) is 0 Å². The van der Waals surface area contributed by atoms with E-state index in [-0.39, 0.29) is 0 Å². The Morgan fingerprint density at radius 3 is 2.92 bits per heavy atom. The van der Waals surface area contributed by atoms with Crippen molar-refractivity contribution in [1.29, 1.82) is 0 Å².